The number of hydrogen-bond donors (Lipinski definition) is 2. The van der Waals surface area contributed by atoms with Crippen molar-refractivity contribution in [3.05, 3.63) is 82.4 Å². The van der Waals surface area contributed by atoms with Crippen molar-refractivity contribution in [3.63, 3.8) is 0 Å². The summed E-state index contributed by atoms with van der Waals surface area (Å²) in [4.78, 5) is 12.1. The van der Waals surface area contributed by atoms with Gasteiger partial charge in [-0.2, -0.15) is 0 Å². The maximum atomic E-state index is 12.1. The molecule has 5 nitrogen and oxygen atoms in total. The zero-order valence-electron chi connectivity index (χ0n) is 15.2. The summed E-state index contributed by atoms with van der Waals surface area (Å²) in [5.41, 5.74) is 1.60. The smallest absolute Gasteiger partial charge is 0.243 e. The molecule has 144 valence electrons. The Hall–Kier alpha value is -2.74. The Balaban J connectivity index is 1.41. The second-order valence-corrected chi connectivity index (χ2v) is 7.19. The Morgan fingerprint density at radius 1 is 0.786 bits per heavy atom. The van der Waals surface area contributed by atoms with Gasteiger partial charge in [0.2, 0.25) is 5.91 Å². The lowest BCUT2D eigenvalue weighted by molar-refractivity contribution is -0.114. The highest BCUT2D eigenvalue weighted by Crippen LogP contribution is 2.17. The van der Waals surface area contributed by atoms with Gasteiger partial charge in [-0.1, -0.05) is 24.3 Å². The molecule has 0 saturated carbocycles. The van der Waals surface area contributed by atoms with Gasteiger partial charge in [0.15, 0.2) is 0 Å². The van der Waals surface area contributed by atoms with Crippen LogP contribution in [0, 0.1) is 3.57 Å². The standard InChI is InChI=1S/C22H21IN2O3/c23-17-9-11-18(12-10-17)25-22(26)16-24-19-5-4-8-21(15-19)28-14-13-27-20-6-2-1-3-7-20/h1-12,15,24H,13-14,16H2,(H,25,26). The SMILES string of the molecule is O=C(CNc1cccc(OCCOc2ccccc2)c1)Nc1ccc(I)cc1. The van der Waals surface area contributed by atoms with Crippen molar-refractivity contribution < 1.29 is 14.3 Å². The van der Waals surface area contributed by atoms with Gasteiger partial charge >= 0.3 is 0 Å². The lowest BCUT2D eigenvalue weighted by Crippen LogP contribution is -2.21. The normalized spacial score (nSPS) is 10.2. The van der Waals surface area contributed by atoms with E-state index in [-0.39, 0.29) is 12.5 Å². The highest BCUT2D eigenvalue weighted by atomic mass is 127. The molecule has 0 radical (unpaired) electrons. The maximum absolute atomic E-state index is 12.1. The van der Waals surface area contributed by atoms with Gasteiger partial charge in [0.05, 0.1) is 6.54 Å². The predicted molar refractivity (Wildman–Crippen MR) is 120 cm³/mol. The number of anilines is 2. The van der Waals surface area contributed by atoms with E-state index in [2.05, 4.69) is 33.2 Å². The monoisotopic (exact) mass is 488 g/mol. The van der Waals surface area contributed by atoms with Crippen molar-refractivity contribution in [2.24, 2.45) is 0 Å². The Morgan fingerprint density at radius 3 is 2.21 bits per heavy atom. The minimum atomic E-state index is -0.108. The zero-order chi connectivity index (χ0) is 19.6. The Labute approximate surface area is 178 Å². The molecule has 0 unspecified atom stereocenters. The van der Waals surface area contributed by atoms with Gasteiger partial charge in [0.25, 0.3) is 0 Å². The lowest BCUT2D eigenvalue weighted by Gasteiger charge is -2.11. The summed E-state index contributed by atoms with van der Waals surface area (Å²) < 4.78 is 12.4. The van der Waals surface area contributed by atoms with Crippen LogP contribution in [0.15, 0.2) is 78.9 Å². The molecule has 0 aliphatic carbocycles. The molecule has 0 spiro atoms. The van der Waals surface area contributed by atoms with Crippen LogP contribution in [0.25, 0.3) is 0 Å². The number of para-hydroxylation sites is 1. The first kappa shape index (κ1) is 20.0. The highest BCUT2D eigenvalue weighted by molar-refractivity contribution is 14.1. The number of hydrogen-bond acceptors (Lipinski definition) is 4. The molecule has 6 heteroatoms. The predicted octanol–water partition coefficient (Wildman–Crippen LogP) is 4.80. The molecule has 0 fully saturated rings. The fourth-order valence-electron chi connectivity index (χ4n) is 2.45. The highest BCUT2D eigenvalue weighted by Gasteiger charge is 2.03. The average molecular weight is 488 g/mol. The second kappa shape index (κ2) is 10.6. The Bertz CT molecular complexity index is 886. The van der Waals surface area contributed by atoms with Crippen molar-refractivity contribution in [1.82, 2.24) is 0 Å². The average Bonchev–Trinajstić information content (AvgIpc) is 2.73. The lowest BCUT2D eigenvalue weighted by atomic mass is 10.3. The van der Waals surface area contributed by atoms with Gasteiger partial charge in [-0.05, 0) is 71.1 Å². The van der Waals surface area contributed by atoms with Crippen LogP contribution in [0.1, 0.15) is 0 Å². The van der Waals surface area contributed by atoms with Crippen molar-refractivity contribution in [1.29, 1.82) is 0 Å². The maximum Gasteiger partial charge on any atom is 0.243 e. The first-order chi connectivity index (χ1) is 13.7. The summed E-state index contributed by atoms with van der Waals surface area (Å²) in [6, 6.07) is 24.8. The van der Waals surface area contributed by atoms with Crippen LogP contribution in [0.3, 0.4) is 0 Å². The van der Waals surface area contributed by atoms with E-state index in [9.17, 15) is 4.79 Å². The minimum Gasteiger partial charge on any atom is -0.490 e. The van der Waals surface area contributed by atoms with Gasteiger partial charge < -0.3 is 20.1 Å². The van der Waals surface area contributed by atoms with Crippen molar-refractivity contribution >= 4 is 39.9 Å². The van der Waals surface area contributed by atoms with E-state index in [1.807, 2.05) is 78.9 Å². The van der Waals surface area contributed by atoms with E-state index >= 15 is 0 Å². The van der Waals surface area contributed by atoms with Crippen LogP contribution in [-0.4, -0.2) is 25.7 Å². The molecule has 0 atom stereocenters. The zero-order valence-corrected chi connectivity index (χ0v) is 17.4. The van der Waals surface area contributed by atoms with Crippen LogP contribution < -0.4 is 20.1 Å². The summed E-state index contributed by atoms with van der Waals surface area (Å²) in [5.74, 6) is 1.43. The number of ether oxygens (including phenoxy) is 2. The van der Waals surface area contributed by atoms with Crippen molar-refractivity contribution in [2.45, 2.75) is 0 Å². The van der Waals surface area contributed by atoms with Crippen molar-refractivity contribution in [3.8, 4) is 11.5 Å². The molecule has 1 amide bonds. The molecule has 0 bridgehead atoms. The molecule has 0 heterocycles. The Morgan fingerprint density at radius 2 is 1.46 bits per heavy atom. The minimum absolute atomic E-state index is 0.108. The van der Waals surface area contributed by atoms with E-state index in [0.717, 1.165) is 26.4 Å². The number of carbonyl (C=O) groups is 1. The number of benzene rings is 3. The van der Waals surface area contributed by atoms with E-state index in [1.165, 1.54) is 0 Å². The van der Waals surface area contributed by atoms with Gasteiger partial charge in [-0.15, -0.1) is 0 Å². The largest absolute Gasteiger partial charge is 0.490 e. The molecule has 0 aliphatic heterocycles. The third-order valence-corrected chi connectivity index (χ3v) is 4.50. The number of rotatable bonds is 9. The summed E-state index contributed by atoms with van der Waals surface area (Å²) in [6.45, 7) is 1.07. The van der Waals surface area contributed by atoms with Gasteiger partial charge in [-0.25, -0.2) is 0 Å². The van der Waals surface area contributed by atoms with E-state index in [4.69, 9.17) is 9.47 Å². The molecule has 28 heavy (non-hydrogen) atoms. The van der Waals surface area contributed by atoms with Crippen LogP contribution in [0.5, 0.6) is 11.5 Å². The van der Waals surface area contributed by atoms with Crippen LogP contribution in [0.4, 0.5) is 11.4 Å². The number of carbonyl (C=O) groups excluding carboxylic acids is 1. The number of halogens is 1. The molecule has 0 aromatic heterocycles. The van der Waals surface area contributed by atoms with Crippen molar-refractivity contribution in [2.75, 3.05) is 30.4 Å². The molecule has 0 aliphatic rings. The van der Waals surface area contributed by atoms with Crippen LogP contribution in [0.2, 0.25) is 0 Å². The van der Waals surface area contributed by atoms with E-state index in [1.54, 1.807) is 0 Å². The topological polar surface area (TPSA) is 59.6 Å². The summed E-state index contributed by atoms with van der Waals surface area (Å²) >= 11 is 2.23. The molecule has 3 aromatic carbocycles. The van der Waals surface area contributed by atoms with Crippen LogP contribution in [-0.2, 0) is 4.79 Å². The Kier molecular flexibility index (Phi) is 7.54. The first-order valence-electron chi connectivity index (χ1n) is 8.89. The fraction of sp³-hybridized carbons (Fsp3) is 0.136. The van der Waals surface area contributed by atoms with Crippen LogP contribution >= 0.6 is 22.6 Å². The quantitative estimate of drug-likeness (QED) is 0.336. The summed E-state index contributed by atoms with van der Waals surface area (Å²) in [5, 5.41) is 5.97. The second-order valence-electron chi connectivity index (χ2n) is 5.95. The molecular formula is C22H21IN2O3. The number of nitrogens with one attached hydrogen (secondary N) is 2. The molecule has 0 saturated heterocycles. The fourth-order valence-corrected chi connectivity index (χ4v) is 2.81. The van der Waals surface area contributed by atoms with Gasteiger partial charge in [0.1, 0.15) is 24.7 Å². The van der Waals surface area contributed by atoms with Gasteiger partial charge in [-0.3, -0.25) is 4.79 Å². The summed E-state index contributed by atoms with van der Waals surface area (Å²) in [6.07, 6.45) is 0. The molecule has 2 N–H and O–H groups in total. The first-order valence-corrected chi connectivity index (χ1v) is 9.97. The molecule has 3 aromatic rings. The van der Waals surface area contributed by atoms with E-state index < -0.39 is 0 Å². The third-order valence-electron chi connectivity index (χ3n) is 3.78. The van der Waals surface area contributed by atoms with Gasteiger partial charge in [0, 0.05) is 21.0 Å². The molecular weight excluding hydrogens is 467 g/mol. The van der Waals surface area contributed by atoms with E-state index in [0.29, 0.717) is 13.2 Å². The third kappa shape index (κ3) is 6.77. The number of amides is 1. The molecule has 3 rings (SSSR count). The summed E-state index contributed by atoms with van der Waals surface area (Å²) in [7, 11) is 0.